The summed E-state index contributed by atoms with van der Waals surface area (Å²) in [6.07, 6.45) is 4.33. The van der Waals surface area contributed by atoms with Crippen molar-refractivity contribution in [2.45, 2.75) is 40.0 Å². The van der Waals surface area contributed by atoms with Gasteiger partial charge >= 0.3 is 0 Å². The molecular formula is C13H23FN4. The zero-order valence-corrected chi connectivity index (χ0v) is 11.5. The van der Waals surface area contributed by atoms with Crippen molar-refractivity contribution < 1.29 is 4.39 Å². The zero-order valence-electron chi connectivity index (χ0n) is 11.5. The molecule has 0 aliphatic carbocycles. The number of nitrogens with zero attached hydrogens (tertiary/aromatic N) is 2. The maximum absolute atomic E-state index is 13.5. The summed E-state index contributed by atoms with van der Waals surface area (Å²) < 4.78 is 13.5. The quantitative estimate of drug-likeness (QED) is 0.699. The molecule has 5 heteroatoms. The second-order valence-electron chi connectivity index (χ2n) is 4.78. The van der Waals surface area contributed by atoms with Crippen LogP contribution in [0.15, 0.2) is 6.20 Å². The summed E-state index contributed by atoms with van der Waals surface area (Å²) in [7, 11) is 0. The van der Waals surface area contributed by atoms with Gasteiger partial charge in [-0.15, -0.1) is 0 Å². The molecular weight excluding hydrogens is 231 g/mol. The Labute approximate surface area is 108 Å². The van der Waals surface area contributed by atoms with E-state index in [0.29, 0.717) is 11.9 Å². The van der Waals surface area contributed by atoms with Gasteiger partial charge in [0.15, 0.2) is 11.6 Å². The highest BCUT2D eigenvalue weighted by Gasteiger charge is 2.06. The van der Waals surface area contributed by atoms with Crippen molar-refractivity contribution in [1.29, 1.82) is 0 Å². The van der Waals surface area contributed by atoms with E-state index in [0.717, 1.165) is 32.4 Å². The maximum Gasteiger partial charge on any atom is 0.224 e. The average molecular weight is 254 g/mol. The first-order valence-electron chi connectivity index (χ1n) is 6.63. The van der Waals surface area contributed by atoms with Crippen LogP contribution in [0.4, 0.5) is 16.2 Å². The Morgan fingerprint density at radius 1 is 1.28 bits per heavy atom. The summed E-state index contributed by atoms with van der Waals surface area (Å²) in [6.45, 7) is 7.94. The summed E-state index contributed by atoms with van der Waals surface area (Å²) in [5.41, 5.74) is 0. The molecule has 4 nitrogen and oxygen atoms in total. The van der Waals surface area contributed by atoms with E-state index in [9.17, 15) is 4.39 Å². The van der Waals surface area contributed by atoms with Gasteiger partial charge in [-0.1, -0.05) is 20.8 Å². The number of halogens is 1. The van der Waals surface area contributed by atoms with Crippen LogP contribution in [0.2, 0.25) is 0 Å². The Kier molecular flexibility index (Phi) is 6.39. The van der Waals surface area contributed by atoms with E-state index in [-0.39, 0.29) is 5.82 Å². The average Bonchev–Trinajstić information content (AvgIpc) is 2.34. The fourth-order valence-electron chi connectivity index (χ4n) is 1.53. The molecule has 0 bridgehead atoms. The fraction of sp³-hybridized carbons (Fsp3) is 0.692. The maximum atomic E-state index is 13.5. The monoisotopic (exact) mass is 254 g/mol. The standard InChI is InChI=1S/C13H23FN4/c1-4-7-16-13-17-9-11(14)12(18-13)15-8-5-6-10(2)3/h9-10H,4-8H2,1-3H3,(H2,15,16,17,18). The molecule has 1 aromatic heterocycles. The molecule has 1 aromatic rings. The first-order chi connectivity index (χ1) is 8.63. The Morgan fingerprint density at radius 3 is 2.72 bits per heavy atom. The van der Waals surface area contributed by atoms with Crippen LogP contribution >= 0.6 is 0 Å². The van der Waals surface area contributed by atoms with Gasteiger partial charge < -0.3 is 10.6 Å². The Balaban J connectivity index is 2.47. The van der Waals surface area contributed by atoms with Gasteiger partial charge in [0, 0.05) is 13.1 Å². The number of hydrogen-bond donors (Lipinski definition) is 2. The van der Waals surface area contributed by atoms with Crippen molar-refractivity contribution in [1.82, 2.24) is 9.97 Å². The molecule has 0 saturated heterocycles. The molecule has 0 atom stereocenters. The highest BCUT2D eigenvalue weighted by Crippen LogP contribution is 2.12. The van der Waals surface area contributed by atoms with E-state index in [2.05, 4.69) is 41.4 Å². The fourth-order valence-corrected chi connectivity index (χ4v) is 1.53. The highest BCUT2D eigenvalue weighted by molar-refractivity contribution is 5.40. The molecule has 1 rings (SSSR count). The van der Waals surface area contributed by atoms with Gasteiger partial charge in [-0.25, -0.2) is 9.37 Å². The van der Waals surface area contributed by atoms with Crippen LogP contribution in [0.1, 0.15) is 40.0 Å². The van der Waals surface area contributed by atoms with E-state index < -0.39 is 5.82 Å². The molecule has 18 heavy (non-hydrogen) atoms. The lowest BCUT2D eigenvalue weighted by Crippen LogP contribution is -2.10. The minimum absolute atomic E-state index is 0.285. The minimum Gasteiger partial charge on any atom is -0.367 e. The van der Waals surface area contributed by atoms with Gasteiger partial charge in [0.05, 0.1) is 6.20 Å². The van der Waals surface area contributed by atoms with Gasteiger partial charge in [0.25, 0.3) is 0 Å². The third kappa shape index (κ3) is 5.29. The Morgan fingerprint density at radius 2 is 2.06 bits per heavy atom. The summed E-state index contributed by atoms with van der Waals surface area (Å²) in [5.74, 6) is 1.03. The van der Waals surface area contributed by atoms with E-state index in [4.69, 9.17) is 0 Å². The number of aromatic nitrogens is 2. The molecule has 2 N–H and O–H groups in total. The lowest BCUT2D eigenvalue weighted by atomic mass is 10.1. The number of nitrogens with one attached hydrogen (secondary N) is 2. The van der Waals surface area contributed by atoms with Crippen molar-refractivity contribution in [3.63, 3.8) is 0 Å². The summed E-state index contributed by atoms with van der Waals surface area (Å²) in [5, 5.41) is 6.06. The van der Waals surface area contributed by atoms with Crippen molar-refractivity contribution >= 4 is 11.8 Å². The summed E-state index contributed by atoms with van der Waals surface area (Å²) in [6, 6.07) is 0. The van der Waals surface area contributed by atoms with Crippen LogP contribution in [-0.2, 0) is 0 Å². The first kappa shape index (κ1) is 14.7. The lowest BCUT2D eigenvalue weighted by molar-refractivity contribution is 0.564. The van der Waals surface area contributed by atoms with E-state index in [1.54, 1.807) is 0 Å². The summed E-state index contributed by atoms with van der Waals surface area (Å²) in [4.78, 5) is 8.01. The molecule has 0 spiro atoms. The molecule has 1 heterocycles. The van der Waals surface area contributed by atoms with Crippen LogP contribution in [0.25, 0.3) is 0 Å². The molecule has 102 valence electrons. The predicted molar refractivity (Wildman–Crippen MR) is 73.3 cm³/mol. The van der Waals surface area contributed by atoms with Gasteiger partial charge in [0.1, 0.15) is 0 Å². The highest BCUT2D eigenvalue weighted by atomic mass is 19.1. The van der Waals surface area contributed by atoms with Crippen molar-refractivity contribution in [3.05, 3.63) is 12.0 Å². The van der Waals surface area contributed by atoms with Gasteiger partial charge in [0.2, 0.25) is 5.95 Å². The van der Waals surface area contributed by atoms with Crippen LogP contribution in [-0.4, -0.2) is 23.1 Å². The molecule has 0 unspecified atom stereocenters. The SMILES string of the molecule is CCCNc1ncc(F)c(NCCCC(C)C)n1. The predicted octanol–water partition coefficient (Wildman–Crippen LogP) is 3.29. The minimum atomic E-state index is -0.401. The smallest absolute Gasteiger partial charge is 0.224 e. The van der Waals surface area contributed by atoms with Gasteiger partial charge in [-0.2, -0.15) is 4.98 Å². The van der Waals surface area contributed by atoms with Crippen molar-refractivity contribution in [2.75, 3.05) is 23.7 Å². The molecule has 0 saturated carbocycles. The van der Waals surface area contributed by atoms with Gasteiger partial charge in [-0.05, 0) is 25.2 Å². The van der Waals surface area contributed by atoms with E-state index >= 15 is 0 Å². The second-order valence-corrected chi connectivity index (χ2v) is 4.78. The molecule has 0 aliphatic heterocycles. The van der Waals surface area contributed by atoms with Crippen LogP contribution in [0.5, 0.6) is 0 Å². The molecule has 0 fully saturated rings. The van der Waals surface area contributed by atoms with E-state index in [1.807, 2.05) is 0 Å². The van der Waals surface area contributed by atoms with Crippen molar-refractivity contribution in [3.8, 4) is 0 Å². The number of rotatable bonds is 8. The number of hydrogen-bond acceptors (Lipinski definition) is 4. The third-order valence-corrected chi connectivity index (χ3v) is 2.53. The van der Waals surface area contributed by atoms with Crippen LogP contribution < -0.4 is 10.6 Å². The Bertz CT molecular complexity index is 355. The van der Waals surface area contributed by atoms with Crippen molar-refractivity contribution in [2.24, 2.45) is 5.92 Å². The zero-order chi connectivity index (χ0) is 13.4. The number of anilines is 2. The molecule has 0 aliphatic rings. The van der Waals surface area contributed by atoms with E-state index in [1.165, 1.54) is 6.20 Å². The molecule has 0 amide bonds. The lowest BCUT2D eigenvalue weighted by Gasteiger charge is -2.09. The normalized spacial score (nSPS) is 10.7. The second kappa shape index (κ2) is 7.84. The Hall–Kier alpha value is -1.39. The molecule has 0 aromatic carbocycles. The molecule has 0 radical (unpaired) electrons. The first-order valence-corrected chi connectivity index (χ1v) is 6.63. The van der Waals surface area contributed by atoms with Crippen LogP contribution in [0.3, 0.4) is 0 Å². The van der Waals surface area contributed by atoms with Gasteiger partial charge in [-0.3, -0.25) is 0 Å². The third-order valence-electron chi connectivity index (χ3n) is 2.53. The summed E-state index contributed by atoms with van der Waals surface area (Å²) >= 11 is 0. The largest absolute Gasteiger partial charge is 0.367 e. The van der Waals surface area contributed by atoms with Crippen LogP contribution in [0, 0.1) is 11.7 Å². The topological polar surface area (TPSA) is 49.8 Å².